The fourth-order valence-corrected chi connectivity index (χ4v) is 0.756. The molecule has 1 atom stereocenters. The number of carbonyl (C=O) groups excluding carboxylic acids is 1. The lowest BCUT2D eigenvalue weighted by Crippen LogP contribution is -2.40. The summed E-state index contributed by atoms with van der Waals surface area (Å²) in [5, 5.41) is 19.0. The van der Waals surface area contributed by atoms with Crippen molar-refractivity contribution < 1.29 is 24.6 Å². The number of carboxylic acid groups (broad SMARTS) is 2. The van der Waals surface area contributed by atoms with Crippen LogP contribution in [0.2, 0.25) is 0 Å². The first kappa shape index (κ1) is 12.2. The highest BCUT2D eigenvalue weighted by Gasteiger charge is 2.19. The number of rotatable bonds is 6. The van der Waals surface area contributed by atoms with E-state index in [1.165, 1.54) is 0 Å². The lowest BCUT2D eigenvalue weighted by Gasteiger charge is -2.11. The molecule has 0 aliphatic rings. The van der Waals surface area contributed by atoms with E-state index in [0.717, 1.165) is 6.08 Å². The highest BCUT2D eigenvalue weighted by Crippen LogP contribution is 1.97. The maximum atomic E-state index is 10.7. The molecule has 0 fully saturated rings. The molecular formula is C8H11NO5. The third-order valence-corrected chi connectivity index (χ3v) is 1.45. The first-order chi connectivity index (χ1) is 6.47. The van der Waals surface area contributed by atoms with Crippen LogP contribution in [0.25, 0.3) is 0 Å². The van der Waals surface area contributed by atoms with Crippen molar-refractivity contribution in [1.82, 2.24) is 5.32 Å². The molecule has 78 valence electrons. The van der Waals surface area contributed by atoms with Gasteiger partial charge in [-0.1, -0.05) is 6.58 Å². The van der Waals surface area contributed by atoms with Crippen molar-refractivity contribution >= 4 is 17.8 Å². The molecule has 14 heavy (non-hydrogen) atoms. The fourth-order valence-electron chi connectivity index (χ4n) is 0.756. The molecule has 1 amide bonds. The second kappa shape index (κ2) is 5.74. The van der Waals surface area contributed by atoms with Gasteiger partial charge in [-0.25, -0.2) is 4.79 Å². The van der Waals surface area contributed by atoms with Crippen molar-refractivity contribution in [2.45, 2.75) is 18.9 Å². The minimum atomic E-state index is -1.26. The van der Waals surface area contributed by atoms with E-state index in [1.807, 2.05) is 0 Å². The maximum Gasteiger partial charge on any atom is 0.326 e. The molecule has 0 rings (SSSR count). The molecule has 0 radical (unpaired) electrons. The van der Waals surface area contributed by atoms with Crippen molar-refractivity contribution in [3.8, 4) is 0 Å². The first-order valence-corrected chi connectivity index (χ1v) is 3.85. The third-order valence-electron chi connectivity index (χ3n) is 1.45. The van der Waals surface area contributed by atoms with Crippen LogP contribution in [0.15, 0.2) is 12.7 Å². The second-order valence-corrected chi connectivity index (χ2v) is 2.54. The molecule has 0 saturated heterocycles. The normalized spacial score (nSPS) is 11.4. The summed E-state index contributed by atoms with van der Waals surface area (Å²) < 4.78 is 0. The van der Waals surface area contributed by atoms with Crippen LogP contribution in [-0.2, 0) is 14.4 Å². The molecule has 0 heterocycles. The summed E-state index contributed by atoms with van der Waals surface area (Å²) in [6.45, 7) is 3.15. The molecule has 0 aliphatic heterocycles. The Labute approximate surface area is 80.2 Å². The predicted molar refractivity (Wildman–Crippen MR) is 46.6 cm³/mol. The Bertz CT molecular complexity index is 260. The molecule has 0 aliphatic carbocycles. The minimum Gasteiger partial charge on any atom is -0.481 e. The summed E-state index contributed by atoms with van der Waals surface area (Å²) in [5.74, 6) is -3.01. The molecular weight excluding hydrogens is 190 g/mol. The fraction of sp³-hybridized carbons (Fsp3) is 0.375. The number of carbonyl (C=O) groups is 3. The summed E-state index contributed by atoms with van der Waals surface area (Å²) in [4.78, 5) is 31.4. The van der Waals surface area contributed by atoms with E-state index >= 15 is 0 Å². The van der Waals surface area contributed by atoms with Gasteiger partial charge >= 0.3 is 11.9 Å². The number of carboxylic acids is 2. The number of aliphatic carboxylic acids is 2. The smallest absolute Gasteiger partial charge is 0.326 e. The Morgan fingerprint density at radius 1 is 1.36 bits per heavy atom. The molecule has 0 saturated carbocycles. The van der Waals surface area contributed by atoms with E-state index in [2.05, 4.69) is 11.9 Å². The largest absolute Gasteiger partial charge is 0.481 e. The van der Waals surface area contributed by atoms with E-state index in [0.29, 0.717) is 0 Å². The van der Waals surface area contributed by atoms with Crippen LogP contribution >= 0.6 is 0 Å². The van der Waals surface area contributed by atoms with Gasteiger partial charge in [0.1, 0.15) is 6.04 Å². The minimum absolute atomic E-state index is 0.149. The van der Waals surface area contributed by atoms with E-state index in [-0.39, 0.29) is 12.8 Å². The lowest BCUT2D eigenvalue weighted by molar-refractivity contribution is -0.142. The molecule has 0 aromatic rings. The van der Waals surface area contributed by atoms with Gasteiger partial charge in [-0.2, -0.15) is 0 Å². The van der Waals surface area contributed by atoms with E-state index < -0.39 is 23.9 Å². The summed E-state index contributed by atoms with van der Waals surface area (Å²) in [5.41, 5.74) is 0. The first-order valence-electron chi connectivity index (χ1n) is 3.85. The van der Waals surface area contributed by atoms with Gasteiger partial charge in [-0.3, -0.25) is 9.59 Å². The quantitative estimate of drug-likeness (QED) is 0.507. The molecule has 3 N–H and O–H groups in total. The highest BCUT2D eigenvalue weighted by molar-refractivity contribution is 5.90. The molecule has 6 nitrogen and oxygen atoms in total. The Kier molecular flexibility index (Phi) is 4.98. The standard InChI is InChI=1S/C8H11NO5/c1-2-6(10)9-5(8(13)14)3-4-7(11)12/h2,5H,1,3-4H2,(H,9,10)(H,11,12)(H,13,14). The van der Waals surface area contributed by atoms with E-state index in [4.69, 9.17) is 10.2 Å². The van der Waals surface area contributed by atoms with Gasteiger partial charge in [0.25, 0.3) is 0 Å². The molecule has 0 bridgehead atoms. The topological polar surface area (TPSA) is 104 Å². The van der Waals surface area contributed by atoms with Gasteiger partial charge in [0.2, 0.25) is 5.91 Å². The Morgan fingerprint density at radius 3 is 2.29 bits per heavy atom. The Balaban J connectivity index is 4.15. The molecule has 0 spiro atoms. The van der Waals surface area contributed by atoms with Crippen LogP contribution in [0, 0.1) is 0 Å². The van der Waals surface area contributed by atoms with Crippen LogP contribution in [0.3, 0.4) is 0 Å². The molecule has 0 aromatic carbocycles. The predicted octanol–water partition coefficient (Wildman–Crippen LogP) is -0.393. The van der Waals surface area contributed by atoms with Crippen LogP contribution in [0.5, 0.6) is 0 Å². The van der Waals surface area contributed by atoms with Gasteiger partial charge in [0.15, 0.2) is 0 Å². The van der Waals surface area contributed by atoms with Gasteiger partial charge in [0, 0.05) is 6.42 Å². The number of hydrogen-bond donors (Lipinski definition) is 3. The molecule has 0 aromatic heterocycles. The van der Waals surface area contributed by atoms with Gasteiger partial charge in [0.05, 0.1) is 0 Å². The van der Waals surface area contributed by atoms with Crippen LogP contribution in [-0.4, -0.2) is 34.1 Å². The zero-order valence-electron chi connectivity index (χ0n) is 7.40. The van der Waals surface area contributed by atoms with Crippen LogP contribution in [0.1, 0.15) is 12.8 Å². The monoisotopic (exact) mass is 201 g/mol. The maximum absolute atomic E-state index is 10.7. The summed E-state index contributed by atoms with van der Waals surface area (Å²) >= 11 is 0. The van der Waals surface area contributed by atoms with E-state index in [9.17, 15) is 14.4 Å². The van der Waals surface area contributed by atoms with Gasteiger partial charge < -0.3 is 15.5 Å². The van der Waals surface area contributed by atoms with Crippen molar-refractivity contribution in [3.05, 3.63) is 12.7 Å². The average molecular weight is 201 g/mol. The van der Waals surface area contributed by atoms with Crippen LogP contribution < -0.4 is 5.32 Å². The molecule has 1 unspecified atom stereocenters. The van der Waals surface area contributed by atoms with E-state index in [1.54, 1.807) is 0 Å². The Morgan fingerprint density at radius 2 is 1.93 bits per heavy atom. The van der Waals surface area contributed by atoms with Crippen LogP contribution in [0.4, 0.5) is 0 Å². The zero-order chi connectivity index (χ0) is 11.1. The van der Waals surface area contributed by atoms with Gasteiger partial charge in [-0.15, -0.1) is 0 Å². The summed E-state index contributed by atoms with van der Waals surface area (Å²) in [7, 11) is 0. The second-order valence-electron chi connectivity index (χ2n) is 2.54. The zero-order valence-corrected chi connectivity index (χ0v) is 7.40. The van der Waals surface area contributed by atoms with Crippen molar-refractivity contribution in [1.29, 1.82) is 0 Å². The SMILES string of the molecule is C=CC(=O)NC(CCC(=O)O)C(=O)O. The number of hydrogen-bond acceptors (Lipinski definition) is 3. The number of nitrogens with one attached hydrogen (secondary N) is 1. The average Bonchev–Trinajstić information content (AvgIpc) is 2.10. The Hall–Kier alpha value is -1.85. The summed E-state index contributed by atoms with van der Waals surface area (Å²) in [6.07, 6.45) is 0.468. The highest BCUT2D eigenvalue weighted by atomic mass is 16.4. The van der Waals surface area contributed by atoms with Gasteiger partial charge in [-0.05, 0) is 12.5 Å². The third kappa shape index (κ3) is 4.91. The molecule has 6 heteroatoms. The summed E-state index contributed by atoms with van der Waals surface area (Å²) in [6, 6.07) is -1.18. The number of amides is 1. The van der Waals surface area contributed by atoms with Crippen molar-refractivity contribution in [3.63, 3.8) is 0 Å². The van der Waals surface area contributed by atoms with Crippen molar-refractivity contribution in [2.24, 2.45) is 0 Å². The lowest BCUT2D eigenvalue weighted by atomic mass is 10.1. The van der Waals surface area contributed by atoms with Crippen molar-refractivity contribution in [2.75, 3.05) is 0 Å².